The lowest BCUT2D eigenvalue weighted by Gasteiger charge is -2.26. The van der Waals surface area contributed by atoms with Crippen LogP contribution in [0.1, 0.15) is 37.7 Å². The average molecular weight is 288 g/mol. The third kappa shape index (κ3) is 3.21. The number of carbonyl (C=O) groups is 1. The second-order valence-electron chi connectivity index (χ2n) is 6.28. The van der Waals surface area contributed by atoms with E-state index in [1.807, 2.05) is 24.3 Å². The monoisotopic (exact) mass is 288 g/mol. The van der Waals surface area contributed by atoms with Crippen LogP contribution in [0.25, 0.3) is 0 Å². The molecule has 4 nitrogen and oxygen atoms in total. The molecule has 0 bridgehead atoms. The van der Waals surface area contributed by atoms with E-state index in [9.17, 15) is 4.79 Å². The maximum atomic E-state index is 12.8. The summed E-state index contributed by atoms with van der Waals surface area (Å²) in [6.07, 6.45) is 5.01. The Morgan fingerprint density at radius 1 is 1.29 bits per heavy atom. The first-order valence-corrected chi connectivity index (χ1v) is 7.87. The second kappa shape index (κ2) is 6.06. The highest BCUT2D eigenvalue weighted by molar-refractivity contribution is 5.80. The van der Waals surface area contributed by atoms with E-state index >= 15 is 0 Å². The molecule has 0 spiro atoms. The molecule has 2 N–H and O–H groups in total. The van der Waals surface area contributed by atoms with Gasteiger partial charge in [0, 0.05) is 30.1 Å². The number of para-hydroxylation sites is 1. The molecular formula is C17H24N2O2. The summed E-state index contributed by atoms with van der Waals surface area (Å²) in [5, 5.41) is 0. The lowest BCUT2D eigenvalue weighted by Crippen LogP contribution is -2.37. The van der Waals surface area contributed by atoms with Gasteiger partial charge in [-0.2, -0.15) is 0 Å². The number of amides is 1. The molecule has 4 heteroatoms. The van der Waals surface area contributed by atoms with Gasteiger partial charge in [-0.05, 0) is 38.2 Å². The summed E-state index contributed by atoms with van der Waals surface area (Å²) in [6, 6.07) is 8.57. The number of hydrogen-bond acceptors (Lipinski definition) is 3. The minimum Gasteiger partial charge on any atom is -0.496 e. The van der Waals surface area contributed by atoms with Crippen LogP contribution in [0.5, 0.6) is 5.75 Å². The highest BCUT2D eigenvalue weighted by atomic mass is 16.5. The number of nitrogens with zero attached hydrogens (tertiary/aromatic N) is 1. The lowest BCUT2D eigenvalue weighted by atomic mass is 10.1. The Balaban J connectivity index is 1.74. The van der Waals surface area contributed by atoms with Crippen molar-refractivity contribution in [2.45, 2.75) is 50.7 Å². The van der Waals surface area contributed by atoms with Gasteiger partial charge in [-0.25, -0.2) is 0 Å². The molecule has 0 aliphatic heterocycles. The van der Waals surface area contributed by atoms with E-state index in [1.54, 1.807) is 7.11 Å². The van der Waals surface area contributed by atoms with Crippen molar-refractivity contribution in [3.63, 3.8) is 0 Å². The summed E-state index contributed by atoms with van der Waals surface area (Å²) in [5.74, 6) is 1.27. The quantitative estimate of drug-likeness (QED) is 0.904. The highest BCUT2D eigenvalue weighted by Gasteiger charge is 2.38. The minimum atomic E-state index is 0.121. The fraction of sp³-hybridized carbons (Fsp3) is 0.588. The van der Waals surface area contributed by atoms with E-state index in [1.165, 1.54) is 0 Å². The topological polar surface area (TPSA) is 55.6 Å². The third-order valence-electron chi connectivity index (χ3n) is 4.63. The number of rotatable bonds is 5. The Labute approximate surface area is 126 Å². The summed E-state index contributed by atoms with van der Waals surface area (Å²) in [7, 11) is 1.68. The van der Waals surface area contributed by atoms with E-state index in [4.69, 9.17) is 10.5 Å². The Kier molecular flexibility index (Phi) is 4.15. The van der Waals surface area contributed by atoms with Crippen molar-refractivity contribution in [1.29, 1.82) is 0 Å². The normalized spacial score (nSPS) is 24.9. The van der Waals surface area contributed by atoms with Gasteiger partial charge in [0.25, 0.3) is 0 Å². The molecule has 2 atom stereocenters. The predicted octanol–water partition coefficient (Wildman–Crippen LogP) is 2.31. The van der Waals surface area contributed by atoms with Crippen LogP contribution in [0.4, 0.5) is 0 Å². The zero-order valence-corrected chi connectivity index (χ0v) is 12.6. The predicted molar refractivity (Wildman–Crippen MR) is 81.9 cm³/mol. The molecule has 1 aromatic rings. The molecule has 2 aliphatic carbocycles. The Morgan fingerprint density at radius 2 is 2.05 bits per heavy atom. The SMILES string of the molecule is COc1ccccc1CN(C(=O)C1CCC(N)C1)C1CC1. The van der Waals surface area contributed by atoms with Gasteiger partial charge in [0.15, 0.2) is 0 Å². The van der Waals surface area contributed by atoms with Gasteiger partial charge in [0.05, 0.1) is 7.11 Å². The molecule has 2 saturated carbocycles. The molecule has 114 valence electrons. The van der Waals surface area contributed by atoms with Gasteiger partial charge < -0.3 is 15.4 Å². The second-order valence-corrected chi connectivity index (χ2v) is 6.28. The summed E-state index contributed by atoms with van der Waals surface area (Å²) in [6.45, 7) is 0.652. The van der Waals surface area contributed by atoms with Gasteiger partial charge in [-0.1, -0.05) is 18.2 Å². The minimum absolute atomic E-state index is 0.121. The summed E-state index contributed by atoms with van der Waals surface area (Å²) < 4.78 is 5.41. The zero-order chi connectivity index (χ0) is 14.8. The molecule has 1 aromatic carbocycles. The van der Waals surface area contributed by atoms with Crippen LogP contribution < -0.4 is 10.5 Å². The summed E-state index contributed by atoms with van der Waals surface area (Å²) in [5.41, 5.74) is 7.05. The number of benzene rings is 1. The lowest BCUT2D eigenvalue weighted by molar-refractivity contribution is -0.136. The van der Waals surface area contributed by atoms with Crippen molar-refractivity contribution < 1.29 is 9.53 Å². The standard InChI is InChI=1S/C17H24N2O2/c1-21-16-5-3-2-4-13(16)11-19(15-8-9-15)17(20)12-6-7-14(18)10-12/h2-5,12,14-15H,6-11,18H2,1H3. The number of carbonyl (C=O) groups excluding carboxylic acids is 1. The molecule has 3 rings (SSSR count). The van der Waals surface area contributed by atoms with Gasteiger partial charge in [0.2, 0.25) is 5.91 Å². The number of nitrogens with two attached hydrogens (primary N) is 1. The van der Waals surface area contributed by atoms with Crippen molar-refractivity contribution in [2.24, 2.45) is 11.7 Å². The van der Waals surface area contributed by atoms with Gasteiger partial charge in [0.1, 0.15) is 5.75 Å². The van der Waals surface area contributed by atoms with Gasteiger partial charge in [-0.15, -0.1) is 0 Å². The van der Waals surface area contributed by atoms with Gasteiger partial charge in [-0.3, -0.25) is 4.79 Å². The van der Waals surface area contributed by atoms with Crippen molar-refractivity contribution in [2.75, 3.05) is 7.11 Å². The summed E-state index contributed by atoms with van der Waals surface area (Å²) >= 11 is 0. The fourth-order valence-electron chi connectivity index (χ4n) is 3.27. The van der Waals surface area contributed by atoms with Crippen LogP contribution in [0.2, 0.25) is 0 Å². The van der Waals surface area contributed by atoms with E-state index in [2.05, 4.69) is 4.90 Å². The molecule has 2 unspecified atom stereocenters. The zero-order valence-electron chi connectivity index (χ0n) is 12.6. The van der Waals surface area contributed by atoms with Crippen LogP contribution in [-0.2, 0) is 11.3 Å². The molecule has 0 heterocycles. The summed E-state index contributed by atoms with van der Waals surface area (Å²) in [4.78, 5) is 14.9. The Bertz CT molecular complexity index is 513. The Hall–Kier alpha value is -1.55. The van der Waals surface area contributed by atoms with Crippen molar-refractivity contribution in [1.82, 2.24) is 4.90 Å². The molecule has 2 aliphatic rings. The van der Waals surface area contributed by atoms with Crippen LogP contribution >= 0.6 is 0 Å². The van der Waals surface area contributed by atoms with Crippen LogP contribution in [0.15, 0.2) is 24.3 Å². The van der Waals surface area contributed by atoms with E-state index in [0.29, 0.717) is 12.6 Å². The van der Waals surface area contributed by atoms with E-state index < -0.39 is 0 Å². The Morgan fingerprint density at radius 3 is 2.67 bits per heavy atom. The molecular weight excluding hydrogens is 264 g/mol. The number of methoxy groups -OCH3 is 1. The maximum absolute atomic E-state index is 12.8. The molecule has 0 saturated heterocycles. The number of hydrogen-bond donors (Lipinski definition) is 1. The average Bonchev–Trinajstić information content (AvgIpc) is 3.25. The van der Waals surface area contributed by atoms with Crippen LogP contribution in [-0.4, -0.2) is 30.0 Å². The van der Waals surface area contributed by atoms with Crippen molar-refractivity contribution in [3.05, 3.63) is 29.8 Å². The molecule has 2 fully saturated rings. The molecule has 0 radical (unpaired) electrons. The third-order valence-corrected chi connectivity index (χ3v) is 4.63. The first-order valence-electron chi connectivity index (χ1n) is 7.87. The van der Waals surface area contributed by atoms with Crippen molar-refractivity contribution in [3.8, 4) is 5.75 Å². The smallest absolute Gasteiger partial charge is 0.226 e. The maximum Gasteiger partial charge on any atom is 0.226 e. The molecule has 1 amide bonds. The largest absolute Gasteiger partial charge is 0.496 e. The first-order chi connectivity index (χ1) is 10.2. The highest BCUT2D eigenvalue weighted by Crippen LogP contribution is 2.34. The molecule has 0 aromatic heterocycles. The van der Waals surface area contributed by atoms with Crippen LogP contribution in [0.3, 0.4) is 0 Å². The van der Waals surface area contributed by atoms with E-state index in [-0.39, 0.29) is 17.9 Å². The van der Waals surface area contributed by atoms with E-state index in [0.717, 1.165) is 43.4 Å². The van der Waals surface area contributed by atoms with Crippen LogP contribution in [0, 0.1) is 5.92 Å². The first kappa shape index (κ1) is 14.4. The molecule has 21 heavy (non-hydrogen) atoms. The van der Waals surface area contributed by atoms with Gasteiger partial charge >= 0.3 is 0 Å². The van der Waals surface area contributed by atoms with Crippen molar-refractivity contribution >= 4 is 5.91 Å². The number of ether oxygens (including phenoxy) is 1. The fourth-order valence-corrected chi connectivity index (χ4v) is 3.27.